The van der Waals surface area contributed by atoms with E-state index in [-0.39, 0.29) is 0 Å². The minimum Gasteiger partial charge on any atom is -0.398 e. The zero-order valence-corrected chi connectivity index (χ0v) is 11.6. The van der Waals surface area contributed by atoms with Crippen molar-refractivity contribution in [2.45, 2.75) is 6.92 Å². The molecule has 3 aromatic rings. The van der Waals surface area contributed by atoms with Crippen LogP contribution in [0.5, 0.6) is 0 Å². The van der Waals surface area contributed by atoms with Gasteiger partial charge in [0.1, 0.15) is 0 Å². The van der Waals surface area contributed by atoms with E-state index in [0.29, 0.717) is 22.4 Å². The third kappa shape index (κ3) is 2.38. The van der Waals surface area contributed by atoms with Crippen LogP contribution in [0.2, 0.25) is 5.02 Å². The van der Waals surface area contributed by atoms with Crippen LogP contribution in [0.25, 0.3) is 22.8 Å². The Balaban J connectivity index is 1.99. The lowest BCUT2D eigenvalue weighted by molar-refractivity contribution is 0.432. The zero-order chi connectivity index (χ0) is 14.1. The molecule has 0 aliphatic heterocycles. The van der Waals surface area contributed by atoms with Crippen molar-refractivity contribution in [3.05, 3.63) is 53.1 Å². The molecule has 0 aliphatic rings. The monoisotopic (exact) mass is 285 g/mol. The van der Waals surface area contributed by atoms with Crippen molar-refractivity contribution >= 4 is 17.3 Å². The van der Waals surface area contributed by atoms with E-state index < -0.39 is 0 Å². The largest absolute Gasteiger partial charge is 0.398 e. The second-order valence-electron chi connectivity index (χ2n) is 4.53. The van der Waals surface area contributed by atoms with Crippen molar-refractivity contribution in [2.24, 2.45) is 0 Å². The van der Waals surface area contributed by atoms with Crippen molar-refractivity contribution in [1.82, 2.24) is 10.1 Å². The number of hydrogen-bond donors (Lipinski definition) is 1. The maximum Gasteiger partial charge on any atom is 0.258 e. The highest BCUT2D eigenvalue weighted by atomic mass is 35.5. The molecule has 4 nitrogen and oxygen atoms in total. The second kappa shape index (κ2) is 4.98. The van der Waals surface area contributed by atoms with Crippen LogP contribution in [-0.4, -0.2) is 10.1 Å². The first-order valence-electron chi connectivity index (χ1n) is 6.09. The Morgan fingerprint density at radius 1 is 1.10 bits per heavy atom. The van der Waals surface area contributed by atoms with Gasteiger partial charge in [0.15, 0.2) is 0 Å². The molecule has 0 unspecified atom stereocenters. The van der Waals surface area contributed by atoms with Gasteiger partial charge in [0.2, 0.25) is 5.82 Å². The Hall–Kier alpha value is -2.33. The SMILES string of the molecule is Cc1cccc(-c2noc(-c3ccc(N)c(Cl)c3)n2)c1. The molecule has 0 saturated heterocycles. The van der Waals surface area contributed by atoms with Gasteiger partial charge in [-0.15, -0.1) is 0 Å². The summed E-state index contributed by atoms with van der Waals surface area (Å²) in [6.45, 7) is 2.02. The van der Waals surface area contributed by atoms with Gasteiger partial charge in [0, 0.05) is 11.1 Å². The Morgan fingerprint density at radius 2 is 1.95 bits per heavy atom. The number of nitrogens with zero attached hydrogens (tertiary/aromatic N) is 2. The Morgan fingerprint density at radius 3 is 2.70 bits per heavy atom. The van der Waals surface area contributed by atoms with E-state index in [2.05, 4.69) is 10.1 Å². The lowest BCUT2D eigenvalue weighted by Crippen LogP contribution is -1.87. The van der Waals surface area contributed by atoms with Crippen LogP contribution in [0.4, 0.5) is 5.69 Å². The maximum atomic E-state index is 5.99. The first-order chi connectivity index (χ1) is 9.63. The molecule has 0 aliphatic carbocycles. The van der Waals surface area contributed by atoms with Crippen LogP contribution < -0.4 is 5.73 Å². The molecular formula is C15H12ClN3O. The van der Waals surface area contributed by atoms with Crippen LogP contribution in [0.3, 0.4) is 0 Å². The van der Waals surface area contributed by atoms with E-state index in [1.54, 1.807) is 18.2 Å². The van der Waals surface area contributed by atoms with Gasteiger partial charge >= 0.3 is 0 Å². The molecule has 0 amide bonds. The van der Waals surface area contributed by atoms with Gasteiger partial charge in [-0.1, -0.05) is 40.5 Å². The summed E-state index contributed by atoms with van der Waals surface area (Å²) in [5.74, 6) is 0.972. The summed E-state index contributed by atoms with van der Waals surface area (Å²) >= 11 is 5.99. The predicted molar refractivity (Wildman–Crippen MR) is 79.3 cm³/mol. The molecule has 20 heavy (non-hydrogen) atoms. The number of hydrogen-bond acceptors (Lipinski definition) is 4. The topological polar surface area (TPSA) is 64.9 Å². The molecule has 0 bridgehead atoms. The Labute approximate surface area is 121 Å². The Kier molecular flexibility index (Phi) is 3.16. The lowest BCUT2D eigenvalue weighted by Gasteiger charge is -1.98. The zero-order valence-electron chi connectivity index (χ0n) is 10.8. The highest BCUT2D eigenvalue weighted by molar-refractivity contribution is 6.33. The molecule has 5 heteroatoms. The first kappa shape index (κ1) is 12.7. The average molecular weight is 286 g/mol. The van der Waals surface area contributed by atoms with Gasteiger partial charge < -0.3 is 10.3 Å². The molecule has 3 rings (SSSR count). The summed E-state index contributed by atoms with van der Waals surface area (Å²) in [7, 11) is 0. The molecular weight excluding hydrogens is 274 g/mol. The highest BCUT2D eigenvalue weighted by Gasteiger charge is 2.11. The second-order valence-corrected chi connectivity index (χ2v) is 4.94. The standard InChI is InChI=1S/C15H12ClN3O/c1-9-3-2-4-10(7-9)14-18-15(20-19-14)11-5-6-13(17)12(16)8-11/h2-8H,17H2,1H3. The number of anilines is 1. The number of nitrogen functional groups attached to an aromatic ring is 1. The van der Waals surface area contributed by atoms with Crippen LogP contribution in [-0.2, 0) is 0 Å². The van der Waals surface area contributed by atoms with E-state index in [9.17, 15) is 0 Å². The summed E-state index contributed by atoms with van der Waals surface area (Å²) in [5.41, 5.74) is 9.01. The average Bonchev–Trinajstić information content (AvgIpc) is 2.92. The number of rotatable bonds is 2. The van der Waals surface area contributed by atoms with Crippen LogP contribution in [0.1, 0.15) is 5.56 Å². The molecule has 100 valence electrons. The molecule has 2 N–H and O–H groups in total. The Bertz CT molecular complexity index is 767. The van der Waals surface area contributed by atoms with Crippen LogP contribution in [0, 0.1) is 6.92 Å². The molecule has 0 saturated carbocycles. The fourth-order valence-electron chi connectivity index (χ4n) is 1.90. The minimum atomic E-state index is 0.420. The maximum absolute atomic E-state index is 5.99. The van der Waals surface area contributed by atoms with Crippen molar-refractivity contribution in [3.8, 4) is 22.8 Å². The van der Waals surface area contributed by atoms with Crippen molar-refractivity contribution < 1.29 is 4.52 Å². The molecule has 1 aromatic heterocycles. The molecule has 2 aromatic carbocycles. The third-order valence-electron chi connectivity index (χ3n) is 2.95. The molecule has 0 radical (unpaired) electrons. The van der Waals surface area contributed by atoms with E-state index in [0.717, 1.165) is 16.7 Å². The quantitative estimate of drug-likeness (QED) is 0.724. The normalized spacial score (nSPS) is 10.7. The van der Waals surface area contributed by atoms with Gasteiger partial charge in [-0.25, -0.2) is 0 Å². The number of aromatic nitrogens is 2. The number of nitrogens with two attached hydrogens (primary N) is 1. The number of halogens is 1. The summed E-state index contributed by atoms with van der Waals surface area (Å²) in [4.78, 5) is 4.39. The van der Waals surface area contributed by atoms with Crippen LogP contribution in [0.15, 0.2) is 47.0 Å². The van der Waals surface area contributed by atoms with Gasteiger partial charge in [-0.05, 0) is 31.2 Å². The van der Waals surface area contributed by atoms with Gasteiger partial charge in [0.05, 0.1) is 10.7 Å². The highest BCUT2D eigenvalue weighted by Crippen LogP contribution is 2.27. The van der Waals surface area contributed by atoms with E-state index in [4.69, 9.17) is 21.9 Å². The summed E-state index contributed by atoms with van der Waals surface area (Å²) in [6, 6.07) is 13.2. The van der Waals surface area contributed by atoms with Gasteiger partial charge in [0.25, 0.3) is 5.89 Å². The van der Waals surface area contributed by atoms with Crippen molar-refractivity contribution in [2.75, 3.05) is 5.73 Å². The fraction of sp³-hybridized carbons (Fsp3) is 0.0667. The van der Waals surface area contributed by atoms with E-state index in [1.807, 2.05) is 31.2 Å². The van der Waals surface area contributed by atoms with Gasteiger partial charge in [-0.3, -0.25) is 0 Å². The summed E-state index contributed by atoms with van der Waals surface area (Å²) in [6.07, 6.45) is 0. The van der Waals surface area contributed by atoms with Gasteiger partial charge in [-0.2, -0.15) is 4.98 Å². The van der Waals surface area contributed by atoms with Crippen molar-refractivity contribution in [1.29, 1.82) is 0 Å². The molecule has 0 atom stereocenters. The minimum absolute atomic E-state index is 0.420. The predicted octanol–water partition coefficient (Wildman–Crippen LogP) is 3.95. The number of aryl methyl sites for hydroxylation is 1. The van der Waals surface area contributed by atoms with E-state index in [1.165, 1.54) is 0 Å². The smallest absolute Gasteiger partial charge is 0.258 e. The fourth-order valence-corrected chi connectivity index (χ4v) is 2.08. The molecule has 0 spiro atoms. The molecule has 0 fully saturated rings. The molecule has 1 heterocycles. The summed E-state index contributed by atoms with van der Waals surface area (Å²) in [5, 5.41) is 4.47. The number of benzene rings is 2. The van der Waals surface area contributed by atoms with Crippen LogP contribution >= 0.6 is 11.6 Å². The first-order valence-corrected chi connectivity index (χ1v) is 6.47. The third-order valence-corrected chi connectivity index (χ3v) is 3.28. The summed E-state index contributed by atoms with van der Waals surface area (Å²) < 4.78 is 5.28. The van der Waals surface area contributed by atoms with E-state index >= 15 is 0 Å². The van der Waals surface area contributed by atoms with Crippen molar-refractivity contribution in [3.63, 3.8) is 0 Å². The lowest BCUT2D eigenvalue weighted by atomic mass is 10.1.